The summed E-state index contributed by atoms with van der Waals surface area (Å²) in [5.74, 6) is 0.576. The number of anilines is 1. The van der Waals surface area contributed by atoms with Crippen LogP contribution in [0.5, 0.6) is 5.75 Å². The Morgan fingerprint density at radius 3 is 2.72 bits per heavy atom. The van der Waals surface area contributed by atoms with Crippen LogP contribution in [0, 0.1) is 9.52 Å². The first-order chi connectivity index (χ1) is 8.75. The van der Waals surface area contributed by atoms with Crippen LogP contribution >= 0.6 is 22.6 Å². The zero-order chi connectivity index (χ0) is 12.8. The van der Waals surface area contributed by atoms with Crippen LogP contribution in [0.1, 0.15) is 0 Å². The van der Waals surface area contributed by atoms with Crippen molar-refractivity contribution in [2.75, 3.05) is 18.5 Å². The lowest BCUT2D eigenvalue weighted by atomic mass is 10.3. The normalized spacial score (nSPS) is 10.1. The third kappa shape index (κ3) is 3.80. The maximum atomic E-state index is 13.2. The van der Waals surface area contributed by atoms with Gasteiger partial charge in [0.25, 0.3) is 0 Å². The van der Waals surface area contributed by atoms with Gasteiger partial charge in [0.05, 0.1) is 6.54 Å². The molecule has 2 rings (SSSR count). The van der Waals surface area contributed by atoms with E-state index in [9.17, 15) is 4.39 Å². The van der Waals surface area contributed by atoms with Gasteiger partial charge in [-0.15, -0.1) is 10.2 Å². The van der Waals surface area contributed by atoms with E-state index in [1.807, 2.05) is 12.1 Å². The Labute approximate surface area is 118 Å². The SMILES string of the molecule is Fc1ccccc1OCCNc1ccc(I)nn1. The van der Waals surface area contributed by atoms with Gasteiger partial charge < -0.3 is 10.1 Å². The van der Waals surface area contributed by atoms with E-state index in [0.29, 0.717) is 19.0 Å². The van der Waals surface area contributed by atoms with Gasteiger partial charge in [0.15, 0.2) is 11.6 Å². The highest BCUT2D eigenvalue weighted by atomic mass is 127. The minimum atomic E-state index is -0.355. The number of para-hydroxylation sites is 1. The van der Waals surface area contributed by atoms with Gasteiger partial charge in [0.1, 0.15) is 16.1 Å². The van der Waals surface area contributed by atoms with Crippen molar-refractivity contribution in [1.29, 1.82) is 0 Å². The molecule has 0 amide bonds. The van der Waals surface area contributed by atoms with Crippen LogP contribution < -0.4 is 10.1 Å². The standard InChI is InChI=1S/C12H11FIN3O/c13-9-3-1-2-4-10(9)18-8-7-15-12-6-5-11(14)16-17-12/h1-6H,7-8H2,(H,15,17). The molecule has 0 aliphatic heterocycles. The van der Waals surface area contributed by atoms with E-state index < -0.39 is 0 Å². The zero-order valence-electron chi connectivity index (χ0n) is 9.44. The maximum absolute atomic E-state index is 13.2. The van der Waals surface area contributed by atoms with E-state index in [4.69, 9.17) is 4.74 Å². The number of nitrogens with one attached hydrogen (secondary N) is 1. The fourth-order valence-electron chi connectivity index (χ4n) is 1.31. The summed E-state index contributed by atoms with van der Waals surface area (Å²) in [7, 11) is 0. The predicted molar refractivity (Wildman–Crippen MR) is 75.1 cm³/mol. The lowest BCUT2D eigenvalue weighted by Gasteiger charge is -2.08. The van der Waals surface area contributed by atoms with Gasteiger partial charge in [-0.2, -0.15) is 0 Å². The Morgan fingerprint density at radius 2 is 2.00 bits per heavy atom. The molecule has 1 N–H and O–H groups in total. The van der Waals surface area contributed by atoms with Crippen molar-refractivity contribution in [1.82, 2.24) is 10.2 Å². The van der Waals surface area contributed by atoms with E-state index in [1.54, 1.807) is 18.2 Å². The summed E-state index contributed by atoms with van der Waals surface area (Å²) in [4.78, 5) is 0. The van der Waals surface area contributed by atoms with Crippen LogP contribution in [0.25, 0.3) is 0 Å². The molecule has 1 heterocycles. The van der Waals surface area contributed by atoms with E-state index in [1.165, 1.54) is 6.07 Å². The summed E-state index contributed by atoms with van der Waals surface area (Å²) < 4.78 is 19.3. The fraction of sp³-hybridized carbons (Fsp3) is 0.167. The Kier molecular flexibility index (Phi) is 4.68. The molecule has 0 bridgehead atoms. The molecule has 0 atom stereocenters. The monoisotopic (exact) mass is 359 g/mol. The summed E-state index contributed by atoms with van der Waals surface area (Å²) in [6.07, 6.45) is 0. The van der Waals surface area contributed by atoms with Crippen LogP contribution in [0.2, 0.25) is 0 Å². The highest BCUT2D eigenvalue weighted by molar-refractivity contribution is 14.1. The largest absolute Gasteiger partial charge is 0.489 e. The van der Waals surface area contributed by atoms with Crippen molar-refractivity contribution in [3.63, 3.8) is 0 Å². The topological polar surface area (TPSA) is 47.0 Å². The van der Waals surface area contributed by atoms with Crippen molar-refractivity contribution in [2.45, 2.75) is 0 Å². The third-order valence-electron chi connectivity index (χ3n) is 2.13. The minimum absolute atomic E-state index is 0.257. The summed E-state index contributed by atoms with van der Waals surface area (Å²) in [5.41, 5.74) is 0. The Balaban J connectivity index is 1.76. The average molecular weight is 359 g/mol. The molecule has 0 radical (unpaired) electrons. The zero-order valence-corrected chi connectivity index (χ0v) is 11.6. The molecule has 1 aromatic carbocycles. The first-order valence-corrected chi connectivity index (χ1v) is 6.44. The number of hydrogen-bond donors (Lipinski definition) is 1. The van der Waals surface area contributed by atoms with Crippen molar-refractivity contribution in [3.8, 4) is 5.75 Å². The van der Waals surface area contributed by atoms with Gasteiger partial charge in [-0.3, -0.25) is 0 Å². The molecule has 0 saturated carbocycles. The molecule has 94 valence electrons. The van der Waals surface area contributed by atoms with E-state index in [2.05, 4.69) is 38.1 Å². The van der Waals surface area contributed by atoms with Gasteiger partial charge in [-0.05, 0) is 46.9 Å². The van der Waals surface area contributed by atoms with Gasteiger partial charge in [-0.25, -0.2) is 4.39 Å². The molecule has 4 nitrogen and oxygen atoms in total. The average Bonchev–Trinajstić information content (AvgIpc) is 2.39. The Bertz CT molecular complexity index is 507. The fourth-order valence-corrected chi connectivity index (χ4v) is 1.60. The third-order valence-corrected chi connectivity index (χ3v) is 2.71. The lowest BCUT2D eigenvalue weighted by Crippen LogP contribution is -2.13. The van der Waals surface area contributed by atoms with Gasteiger partial charge in [-0.1, -0.05) is 12.1 Å². The van der Waals surface area contributed by atoms with Gasteiger partial charge in [0, 0.05) is 0 Å². The number of ether oxygens (including phenoxy) is 1. The van der Waals surface area contributed by atoms with Crippen LogP contribution in [-0.4, -0.2) is 23.3 Å². The lowest BCUT2D eigenvalue weighted by molar-refractivity contribution is 0.315. The molecule has 0 spiro atoms. The summed E-state index contributed by atoms with van der Waals surface area (Å²) in [5, 5.41) is 10.9. The summed E-state index contributed by atoms with van der Waals surface area (Å²) in [6.45, 7) is 0.887. The maximum Gasteiger partial charge on any atom is 0.165 e. The predicted octanol–water partition coefficient (Wildman–Crippen LogP) is 2.71. The molecule has 2 aromatic rings. The number of nitrogens with zero attached hydrogens (tertiary/aromatic N) is 2. The molecule has 0 aliphatic carbocycles. The van der Waals surface area contributed by atoms with E-state index in [-0.39, 0.29) is 11.6 Å². The van der Waals surface area contributed by atoms with Crippen LogP contribution in [0.4, 0.5) is 10.2 Å². The Morgan fingerprint density at radius 1 is 1.17 bits per heavy atom. The van der Waals surface area contributed by atoms with Crippen molar-refractivity contribution < 1.29 is 9.13 Å². The van der Waals surface area contributed by atoms with Crippen LogP contribution in [0.3, 0.4) is 0 Å². The number of benzene rings is 1. The molecule has 0 fully saturated rings. The quantitative estimate of drug-likeness (QED) is 0.659. The Hall–Kier alpha value is -1.44. The minimum Gasteiger partial charge on any atom is -0.489 e. The number of halogens is 2. The number of rotatable bonds is 5. The molecular weight excluding hydrogens is 348 g/mol. The molecule has 1 aromatic heterocycles. The molecule has 18 heavy (non-hydrogen) atoms. The highest BCUT2D eigenvalue weighted by Crippen LogP contribution is 2.14. The molecule has 0 saturated heterocycles. The molecule has 0 aliphatic rings. The number of hydrogen-bond acceptors (Lipinski definition) is 4. The van der Waals surface area contributed by atoms with Gasteiger partial charge in [0.2, 0.25) is 0 Å². The number of aromatic nitrogens is 2. The first kappa shape index (κ1) is 13.0. The van der Waals surface area contributed by atoms with E-state index in [0.717, 1.165) is 3.70 Å². The van der Waals surface area contributed by atoms with Crippen LogP contribution in [0.15, 0.2) is 36.4 Å². The van der Waals surface area contributed by atoms with Crippen molar-refractivity contribution in [3.05, 3.63) is 45.9 Å². The second kappa shape index (κ2) is 6.48. The highest BCUT2D eigenvalue weighted by Gasteiger charge is 2.00. The first-order valence-electron chi connectivity index (χ1n) is 5.36. The summed E-state index contributed by atoms with van der Waals surface area (Å²) >= 11 is 2.09. The molecule has 0 unspecified atom stereocenters. The second-order valence-electron chi connectivity index (χ2n) is 3.45. The van der Waals surface area contributed by atoms with Crippen molar-refractivity contribution in [2.24, 2.45) is 0 Å². The van der Waals surface area contributed by atoms with Crippen molar-refractivity contribution >= 4 is 28.4 Å². The van der Waals surface area contributed by atoms with Gasteiger partial charge >= 0.3 is 0 Å². The molecule has 6 heteroatoms. The molecular formula is C12H11FIN3O. The van der Waals surface area contributed by atoms with E-state index >= 15 is 0 Å². The second-order valence-corrected chi connectivity index (χ2v) is 4.55. The smallest absolute Gasteiger partial charge is 0.165 e. The summed E-state index contributed by atoms with van der Waals surface area (Å²) in [6, 6.07) is 10.0. The van der Waals surface area contributed by atoms with Crippen LogP contribution in [-0.2, 0) is 0 Å².